The van der Waals surface area contributed by atoms with Crippen molar-refractivity contribution in [3.63, 3.8) is 0 Å². The van der Waals surface area contributed by atoms with E-state index in [1.165, 1.54) is 0 Å². The highest BCUT2D eigenvalue weighted by molar-refractivity contribution is 5.94. The van der Waals surface area contributed by atoms with E-state index in [1.807, 2.05) is 37.8 Å². The fraction of sp³-hybridized carbons (Fsp3) is 0.611. The van der Waals surface area contributed by atoms with Crippen LogP contribution >= 0.6 is 0 Å². The number of aromatic nitrogens is 4. The maximum Gasteiger partial charge on any atom is 0.270 e. The molecule has 1 amide bonds. The van der Waals surface area contributed by atoms with Gasteiger partial charge >= 0.3 is 0 Å². The summed E-state index contributed by atoms with van der Waals surface area (Å²) in [7, 11) is 1.84. The number of aryl methyl sites for hydroxylation is 1. The lowest BCUT2D eigenvalue weighted by molar-refractivity contribution is -0.00710. The molecule has 0 aromatic carbocycles. The predicted octanol–water partition coefficient (Wildman–Crippen LogP) is 1.85. The van der Waals surface area contributed by atoms with E-state index in [-0.39, 0.29) is 24.2 Å². The van der Waals surface area contributed by atoms with Gasteiger partial charge in [-0.25, -0.2) is 0 Å². The number of rotatable bonds is 4. The number of hydrogen-bond acceptors (Lipinski definition) is 4. The molecule has 0 bridgehead atoms. The van der Waals surface area contributed by atoms with E-state index >= 15 is 0 Å². The molecular weight excluding hydrogens is 318 g/mol. The van der Waals surface area contributed by atoms with Crippen LogP contribution in [-0.2, 0) is 24.8 Å². The molecule has 4 rings (SSSR count). The molecule has 1 fully saturated rings. The lowest BCUT2D eigenvalue weighted by Crippen LogP contribution is -2.46. The molecule has 25 heavy (non-hydrogen) atoms. The van der Waals surface area contributed by atoms with E-state index in [4.69, 9.17) is 4.74 Å². The van der Waals surface area contributed by atoms with E-state index in [1.54, 1.807) is 10.9 Å². The summed E-state index contributed by atoms with van der Waals surface area (Å²) >= 11 is 0. The third kappa shape index (κ3) is 3.08. The third-order valence-electron chi connectivity index (χ3n) is 5.28. The monoisotopic (exact) mass is 343 g/mol. The summed E-state index contributed by atoms with van der Waals surface area (Å²) in [6.07, 6.45) is 6.58. The molecule has 0 radical (unpaired) electrons. The average molecular weight is 343 g/mol. The second kappa shape index (κ2) is 6.29. The normalized spacial score (nSPS) is 28.3. The fourth-order valence-electron chi connectivity index (χ4n) is 4.08. The lowest BCUT2D eigenvalue weighted by atomic mass is 9.80. The van der Waals surface area contributed by atoms with Crippen LogP contribution in [0, 0.1) is 5.92 Å². The molecule has 1 aliphatic heterocycles. The Morgan fingerprint density at radius 2 is 2.20 bits per heavy atom. The minimum atomic E-state index is -0.0614. The topological polar surface area (TPSA) is 74.0 Å². The SMILES string of the molecule is C[C@@H]1Cc2c(nn(C)c2C(=O)NC2CC(Cn3cccn3)C2)[C@H](C)O1. The van der Waals surface area contributed by atoms with Crippen molar-refractivity contribution in [1.82, 2.24) is 24.9 Å². The second-order valence-corrected chi connectivity index (χ2v) is 7.36. The van der Waals surface area contributed by atoms with Crippen molar-refractivity contribution >= 4 is 5.91 Å². The summed E-state index contributed by atoms with van der Waals surface area (Å²) < 4.78 is 9.49. The van der Waals surface area contributed by atoms with Crippen molar-refractivity contribution in [3.8, 4) is 0 Å². The molecule has 1 saturated carbocycles. The van der Waals surface area contributed by atoms with Crippen molar-refractivity contribution in [3.05, 3.63) is 35.4 Å². The zero-order valence-electron chi connectivity index (χ0n) is 15.0. The molecule has 1 N–H and O–H groups in total. The largest absolute Gasteiger partial charge is 0.369 e. The van der Waals surface area contributed by atoms with Gasteiger partial charge in [0.25, 0.3) is 5.91 Å². The Hall–Kier alpha value is -2.15. The Morgan fingerprint density at radius 3 is 2.92 bits per heavy atom. The molecule has 2 aliphatic rings. The summed E-state index contributed by atoms with van der Waals surface area (Å²) in [5, 5.41) is 11.9. The van der Waals surface area contributed by atoms with Crippen LogP contribution < -0.4 is 5.32 Å². The highest BCUT2D eigenvalue weighted by atomic mass is 16.5. The van der Waals surface area contributed by atoms with Crippen molar-refractivity contribution < 1.29 is 9.53 Å². The molecule has 7 heteroatoms. The standard InChI is InChI=1S/C18H25N5O2/c1-11-7-15-16(12(2)25-11)21-22(3)17(15)18(24)20-14-8-13(9-14)10-23-6-4-5-19-23/h4-6,11-14H,7-10H2,1-3H3,(H,20,24)/t11-,12+,13?,14?/m1/s1. The molecular formula is C18H25N5O2. The number of ether oxygens (including phenoxy) is 1. The van der Waals surface area contributed by atoms with Crippen molar-refractivity contribution in [1.29, 1.82) is 0 Å². The van der Waals surface area contributed by atoms with E-state index in [2.05, 4.69) is 15.5 Å². The molecule has 1 aliphatic carbocycles. The van der Waals surface area contributed by atoms with Crippen molar-refractivity contribution in [2.24, 2.45) is 13.0 Å². The van der Waals surface area contributed by atoms with Gasteiger partial charge in [-0.05, 0) is 38.7 Å². The Morgan fingerprint density at radius 1 is 1.40 bits per heavy atom. The van der Waals surface area contributed by atoms with E-state index in [0.717, 1.165) is 37.1 Å². The van der Waals surface area contributed by atoms with Crippen LogP contribution in [0.3, 0.4) is 0 Å². The van der Waals surface area contributed by atoms with Gasteiger partial charge in [0.2, 0.25) is 0 Å². The van der Waals surface area contributed by atoms with Gasteiger partial charge in [-0.2, -0.15) is 10.2 Å². The highest BCUT2D eigenvalue weighted by Crippen LogP contribution is 2.32. The van der Waals surface area contributed by atoms with Crippen LogP contribution in [0.5, 0.6) is 0 Å². The molecule has 0 spiro atoms. The van der Waals surface area contributed by atoms with Gasteiger partial charge in [0.1, 0.15) is 5.69 Å². The molecule has 3 heterocycles. The number of nitrogens with zero attached hydrogens (tertiary/aromatic N) is 4. The fourth-order valence-corrected chi connectivity index (χ4v) is 4.08. The summed E-state index contributed by atoms with van der Waals surface area (Å²) in [5.41, 5.74) is 2.63. The first kappa shape index (κ1) is 16.3. The van der Waals surface area contributed by atoms with Gasteiger partial charge in [0, 0.05) is 44.0 Å². The first-order chi connectivity index (χ1) is 12.0. The van der Waals surface area contributed by atoms with Crippen LogP contribution in [-0.4, -0.2) is 37.6 Å². The Balaban J connectivity index is 1.40. The van der Waals surface area contributed by atoms with Crippen molar-refractivity contribution in [2.45, 2.75) is 57.9 Å². The summed E-state index contributed by atoms with van der Waals surface area (Å²) in [4.78, 5) is 12.8. The summed E-state index contributed by atoms with van der Waals surface area (Å²) in [5.74, 6) is 0.569. The Bertz CT molecular complexity index is 761. The molecule has 134 valence electrons. The van der Waals surface area contributed by atoms with Gasteiger partial charge in [-0.3, -0.25) is 14.2 Å². The highest BCUT2D eigenvalue weighted by Gasteiger charge is 2.34. The van der Waals surface area contributed by atoms with Crippen LogP contribution in [0.4, 0.5) is 0 Å². The number of carbonyl (C=O) groups is 1. The summed E-state index contributed by atoms with van der Waals surface area (Å²) in [6.45, 7) is 4.96. The smallest absolute Gasteiger partial charge is 0.270 e. The Kier molecular flexibility index (Phi) is 4.11. The number of fused-ring (bicyclic) bond motifs is 1. The minimum absolute atomic E-state index is 0.0138. The first-order valence-electron chi connectivity index (χ1n) is 9.00. The second-order valence-electron chi connectivity index (χ2n) is 7.36. The van der Waals surface area contributed by atoms with Crippen LogP contribution in [0.25, 0.3) is 0 Å². The zero-order valence-corrected chi connectivity index (χ0v) is 15.0. The van der Waals surface area contributed by atoms with Gasteiger partial charge in [0.05, 0.1) is 17.9 Å². The number of amides is 1. The maximum absolute atomic E-state index is 12.8. The van der Waals surface area contributed by atoms with E-state index in [9.17, 15) is 4.79 Å². The van der Waals surface area contributed by atoms with Gasteiger partial charge in [-0.15, -0.1) is 0 Å². The van der Waals surface area contributed by atoms with Gasteiger partial charge < -0.3 is 10.1 Å². The first-order valence-corrected chi connectivity index (χ1v) is 9.00. The van der Waals surface area contributed by atoms with Crippen LogP contribution in [0.15, 0.2) is 18.5 Å². The molecule has 2 aromatic heterocycles. The molecule has 2 atom stereocenters. The molecule has 0 saturated heterocycles. The minimum Gasteiger partial charge on any atom is -0.369 e. The Labute approximate surface area is 147 Å². The molecule has 7 nitrogen and oxygen atoms in total. The van der Waals surface area contributed by atoms with Gasteiger partial charge in [-0.1, -0.05) is 0 Å². The number of hydrogen-bond donors (Lipinski definition) is 1. The maximum atomic E-state index is 12.8. The number of carbonyl (C=O) groups excluding carboxylic acids is 1. The predicted molar refractivity (Wildman–Crippen MR) is 92.1 cm³/mol. The van der Waals surface area contributed by atoms with Crippen LogP contribution in [0.1, 0.15) is 54.5 Å². The van der Waals surface area contributed by atoms with Crippen molar-refractivity contribution in [2.75, 3.05) is 0 Å². The average Bonchev–Trinajstić information content (AvgIpc) is 3.12. The van der Waals surface area contributed by atoms with Gasteiger partial charge in [0.15, 0.2) is 0 Å². The molecule has 0 unspecified atom stereocenters. The quantitative estimate of drug-likeness (QED) is 0.919. The van der Waals surface area contributed by atoms with E-state index in [0.29, 0.717) is 11.6 Å². The number of nitrogens with one attached hydrogen (secondary N) is 1. The third-order valence-corrected chi connectivity index (χ3v) is 5.28. The lowest BCUT2D eigenvalue weighted by Gasteiger charge is -2.35. The van der Waals surface area contributed by atoms with E-state index < -0.39 is 0 Å². The zero-order chi connectivity index (χ0) is 17.6. The summed E-state index contributed by atoms with van der Waals surface area (Å²) in [6, 6.07) is 2.18. The molecule has 2 aromatic rings. The van der Waals surface area contributed by atoms with Crippen LogP contribution in [0.2, 0.25) is 0 Å².